The van der Waals surface area contributed by atoms with Crippen LogP contribution in [-0.4, -0.2) is 28.5 Å². The molecule has 0 unspecified atom stereocenters. The summed E-state index contributed by atoms with van der Waals surface area (Å²) in [5.41, 5.74) is 2.97. The monoisotopic (exact) mass is 430 g/mol. The Kier molecular flexibility index (Phi) is 5.16. The van der Waals surface area contributed by atoms with Crippen LogP contribution in [0, 0.1) is 5.92 Å². The molecule has 0 radical (unpaired) electrons. The molecule has 1 aromatic heterocycles. The van der Waals surface area contributed by atoms with Gasteiger partial charge in [0.25, 0.3) is 5.91 Å². The first-order valence-electron chi connectivity index (χ1n) is 9.83. The van der Waals surface area contributed by atoms with Crippen molar-refractivity contribution in [2.45, 2.75) is 26.3 Å². The minimum absolute atomic E-state index is 0.0418. The second kappa shape index (κ2) is 7.68. The average molecular weight is 430 g/mol. The van der Waals surface area contributed by atoms with Crippen LogP contribution >= 0.6 is 0 Å². The van der Waals surface area contributed by atoms with Crippen molar-refractivity contribution < 1.29 is 27.8 Å². The van der Waals surface area contributed by atoms with Gasteiger partial charge in [0.1, 0.15) is 17.2 Å². The Morgan fingerprint density at radius 3 is 2.45 bits per heavy atom. The highest BCUT2D eigenvalue weighted by Gasteiger charge is 2.33. The molecule has 1 amide bonds. The van der Waals surface area contributed by atoms with Crippen LogP contribution in [-0.2, 0) is 0 Å². The fourth-order valence-electron chi connectivity index (χ4n) is 3.95. The third kappa shape index (κ3) is 4.10. The quantitative estimate of drug-likeness (QED) is 0.585. The van der Waals surface area contributed by atoms with Crippen LogP contribution < -0.4 is 10.1 Å². The summed E-state index contributed by atoms with van der Waals surface area (Å²) in [4.78, 5) is 12.6. The lowest BCUT2D eigenvalue weighted by Crippen LogP contribution is -2.40. The van der Waals surface area contributed by atoms with Crippen molar-refractivity contribution >= 4 is 5.91 Å². The summed E-state index contributed by atoms with van der Waals surface area (Å²) in [5, 5.41) is 12.6. The van der Waals surface area contributed by atoms with Gasteiger partial charge in [0, 0.05) is 12.1 Å². The van der Waals surface area contributed by atoms with Gasteiger partial charge in [0.05, 0.1) is 11.7 Å². The molecule has 5 nitrogen and oxygen atoms in total. The zero-order chi connectivity index (χ0) is 22.3. The minimum Gasteiger partial charge on any atom is -0.508 e. The fraction of sp³-hybridized carbons (Fsp3) is 0.261. The van der Waals surface area contributed by atoms with E-state index in [-0.39, 0.29) is 29.4 Å². The number of hydrogen-bond donors (Lipinski definition) is 2. The Morgan fingerprint density at radius 2 is 1.81 bits per heavy atom. The molecule has 8 heteroatoms. The minimum atomic E-state index is -4.80. The number of alkyl halides is 3. The number of rotatable bonds is 4. The lowest BCUT2D eigenvalue weighted by molar-refractivity contribution is -0.274. The molecule has 0 aliphatic carbocycles. The second-order valence-corrected chi connectivity index (χ2v) is 7.81. The summed E-state index contributed by atoms with van der Waals surface area (Å²) in [5.74, 6) is -0.300. The van der Waals surface area contributed by atoms with E-state index in [1.165, 1.54) is 30.3 Å². The smallest absolute Gasteiger partial charge is 0.508 e. The molecule has 0 spiro atoms. The van der Waals surface area contributed by atoms with Gasteiger partial charge in [-0.1, -0.05) is 26.0 Å². The standard InChI is InChI=1S/C23H21F3N2O3/c1-13(2)20-12-27-22(30)19-11-18(15-4-3-5-17(10-15)31-23(24,25)26)21(28(19)20)14-6-8-16(29)9-7-14/h3-11,13,20,29H,12H2,1-2H3,(H,27,30)/t20-/m1/s1. The van der Waals surface area contributed by atoms with Crippen molar-refractivity contribution in [2.75, 3.05) is 6.54 Å². The third-order valence-electron chi connectivity index (χ3n) is 5.36. The van der Waals surface area contributed by atoms with Gasteiger partial charge in [-0.25, -0.2) is 0 Å². The maximum absolute atomic E-state index is 12.7. The SMILES string of the molecule is CC(C)[C@H]1CNC(=O)c2cc(-c3cccc(OC(F)(F)F)c3)c(-c3ccc(O)cc3)n21. The van der Waals surface area contributed by atoms with Crippen LogP contribution in [0.1, 0.15) is 30.4 Å². The molecule has 0 fully saturated rings. The highest BCUT2D eigenvalue weighted by atomic mass is 19.4. The van der Waals surface area contributed by atoms with Crippen LogP contribution in [0.15, 0.2) is 54.6 Å². The van der Waals surface area contributed by atoms with Crippen molar-refractivity contribution in [3.05, 3.63) is 60.3 Å². The molecule has 31 heavy (non-hydrogen) atoms. The number of phenolic OH excluding ortho intramolecular Hbond substituents is 1. The molecule has 1 aliphatic rings. The van der Waals surface area contributed by atoms with Gasteiger partial charge in [-0.05, 0) is 59.5 Å². The van der Waals surface area contributed by atoms with E-state index in [1.807, 2.05) is 18.4 Å². The fourth-order valence-corrected chi connectivity index (χ4v) is 3.95. The van der Waals surface area contributed by atoms with Crippen molar-refractivity contribution in [3.63, 3.8) is 0 Å². The van der Waals surface area contributed by atoms with Crippen molar-refractivity contribution in [2.24, 2.45) is 5.92 Å². The van der Waals surface area contributed by atoms with E-state index in [9.17, 15) is 23.1 Å². The first-order chi connectivity index (χ1) is 14.6. The number of halogens is 3. The molecule has 1 atom stereocenters. The molecule has 2 aromatic carbocycles. The number of benzene rings is 2. The number of hydrogen-bond acceptors (Lipinski definition) is 3. The molecule has 2 heterocycles. The summed E-state index contributed by atoms with van der Waals surface area (Å²) < 4.78 is 44.2. The van der Waals surface area contributed by atoms with Gasteiger partial charge in [0.2, 0.25) is 0 Å². The number of nitrogens with one attached hydrogen (secondary N) is 1. The topological polar surface area (TPSA) is 63.5 Å². The molecular formula is C23H21F3N2O3. The van der Waals surface area contributed by atoms with Gasteiger partial charge >= 0.3 is 6.36 Å². The Labute approximate surface area is 177 Å². The van der Waals surface area contributed by atoms with Crippen LogP contribution in [0.5, 0.6) is 11.5 Å². The van der Waals surface area contributed by atoms with Gasteiger partial charge in [-0.15, -0.1) is 13.2 Å². The Hall–Kier alpha value is -3.42. The van der Waals surface area contributed by atoms with E-state index >= 15 is 0 Å². The predicted octanol–water partition coefficient (Wildman–Crippen LogP) is 5.37. The van der Waals surface area contributed by atoms with Gasteiger partial charge in [0.15, 0.2) is 0 Å². The molecule has 3 aromatic rings. The Bertz CT molecular complexity index is 1120. The third-order valence-corrected chi connectivity index (χ3v) is 5.36. The molecule has 4 rings (SSSR count). The number of ether oxygens (including phenoxy) is 1. The second-order valence-electron chi connectivity index (χ2n) is 7.81. The largest absolute Gasteiger partial charge is 0.573 e. The van der Waals surface area contributed by atoms with Gasteiger partial charge in [-0.2, -0.15) is 0 Å². The Morgan fingerprint density at radius 1 is 1.10 bits per heavy atom. The first-order valence-corrected chi connectivity index (χ1v) is 9.83. The van der Waals surface area contributed by atoms with E-state index in [2.05, 4.69) is 10.1 Å². The lowest BCUT2D eigenvalue weighted by Gasteiger charge is -2.31. The number of aromatic nitrogens is 1. The van der Waals surface area contributed by atoms with Crippen molar-refractivity contribution in [3.8, 4) is 33.9 Å². The highest BCUT2D eigenvalue weighted by molar-refractivity contribution is 5.98. The summed E-state index contributed by atoms with van der Waals surface area (Å²) in [6.07, 6.45) is -4.80. The number of phenols is 1. The summed E-state index contributed by atoms with van der Waals surface area (Å²) in [7, 11) is 0. The van der Waals surface area contributed by atoms with E-state index in [0.29, 0.717) is 29.1 Å². The number of aromatic hydroxyl groups is 1. The van der Waals surface area contributed by atoms with Crippen LogP contribution in [0.25, 0.3) is 22.4 Å². The maximum atomic E-state index is 12.7. The molecule has 0 saturated heterocycles. The van der Waals surface area contributed by atoms with Crippen LogP contribution in [0.4, 0.5) is 13.2 Å². The average Bonchev–Trinajstić information content (AvgIpc) is 3.09. The number of carbonyl (C=O) groups excluding carboxylic acids is 1. The van der Waals surface area contributed by atoms with E-state index in [1.54, 1.807) is 24.3 Å². The predicted molar refractivity (Wildman–Crippen MR) is 110 cm³/mol. The van der Waals surface area contributed by atoms with E-state index in [4.69, 9.17) is 0 Å². The molecule has 2 N–H and O–H groups in total. The maximum Gasteiger partial charge on any atom is 0.573 e. The van der Waals surface area contributed by atoms with Crippen molar-refractivity contribution in [1.29, 1.82) is 0 Å². The van der Waals surface area contributed by atoms with Gasteiger partial charge in [-0.3, -0.25) is 4.79 Å². The highest BCUT2D eigenvalue weighted by Crippen LogP contribution is 2.41. The molecule has 0 bridgehead atoms. The Balaban J connectivity index is 1.95. The molecule has 1 aliphatic heterocycles. The number of fused-ring (bicyclic) bond motifs is 1. The molecule has 0 saturated carbocycles. The summed E-state index contributed by atoms with van der Waals surface area (Å²) >= 11 is 0. The lowest BCUT2D eigenvalue weighted by atomic mass is 9.98. The van der Waals surface area contributed by atoms with Gasteiger partial charge < -0.3 is 19.7 Å². The normalized spacial score (nSPS) is 16.2. The van der Waals surface area contributed by atoms with E-state index < -0.39 is 6.36 Å². The van der Waals surface area contributed by atoms with E-state index in [0.717, 1.165) is 5.56 Å². The zero-order valence-electron chi connectivity index (χ0n) is 16.9. The number of carbonyl (C=O) groups is 1. The van der Waals surface area contributed by atoms with Crippen LogP contribution in [0.3, 0.4) is 0 Å². The number of amides is 1. The zero-order valence-corrected chi connectivity index (χ0v) is 16.9. The number of nitrogens with zero attached hydrogens (tertiary/aromatic N) is 1. The summed E-state index contributed by atoms with van der Waals surface area (Å²) in [6, 6.07) is 13.9. The van der Waals surface area contributed by atoms with Crippen molar-refractivity contribution in [1.82, 2.24) is 9.88 Å². The molecular weight excluding hydrogens is 409 g/mol. The molecule has 162 valence electrons. The first kappa shape index (κ1) is 20.8. The summed E-state index contributed by atoms with van der Waals surface area (Å²) in [6.45, 7) is 4.54. The van der Waals surface area contributed by atoms with Crippen LogP contribution in [0.2, 0.25) is 0 Å².